The minimum Gasteiger partial charge on any atom is -0.456 e. The maximum absolute atomic E-state index is 6.66. The highest BCUT2D eigenvalue weighted by Crippen LogP contribution is 2.37. The second kappa shape index (κ2) is 13.6. The quantitative estimate of drug-likeness (QED) is 0.125. The number of hydrogen-bond donors (Lipinski definition) is 0. The number of aliphatic imine (C=N–C) groups is 3. The molecule has 2 heterocycles. The minimum atomic E-state index is 0.447. The summed E-state index contributed by atoms with van der Waals surface area (Å²) in [5, 5.41) is 6.98. The van der Waals surface area contributed by atoms with Crippen LogP contribution in [0.2, 0.25) is 0 Å². The van der Waals surface area contributed by atoms with Crippen LogP contribution in [0.5, 0.6) is 0 Å². The van der Waals surface area contributed by atoms with Gasteiger partial charge in [0.25, 0.3) is 0 Å². The summed E-state index contributed by atoms with van der Waals surface area (Å²) in [6, 6.07) is 63.2. The van der Waals surface area contributed by atoms with Gasteiger partial charge in [-0.2, -0.15) is 0 Å². The lowest BCUT2D eigenvalue weighted by Gasteiger charge is -2.08. The first kappa shape index (κ1) is 32.3. The molecule has 2 aromatic heterocycles. The van der Waals surface area contributed by atoms with E-state index in [9.17, 15) is 0 Å². The molecule has 10 rings (SSSR count). The third-order valence-corrected chi connectivity index (χ3v) is 10.4. The molecule has 5 nitrogen and oxygen atoms in total. The Bertz CT molecular complexity index is 3120. The van der Waals surface area contributed by atoms with E-state index in [0.29, 0.717) is 18.2 Å². The SMILES string of the molecule is C=N/C(=N\C(=N/Cc1ccc(-c2ccccc2)cc1)c1ccc2c(c1)oc1cc(-n3c4ccccc4c4cc5ccccc5cc43)ccc12)c1ccccc1. The topological polar surface area (TPSA) is 55.1 Å². The molecule has 0 aliphatic heterocycles. The maximum atomic E-state index is 6.66. The third kappa shape index (κ3) is 5.88. The number of rotatable bonds is 6. The van der Waals surface area contributed by atoms with Crippen LogP contribution >= 0.6 is 0 Å². The monoisotopic (exact) mass is 706 g/mol. The molecule has 0 saturated carbocycles. The van der Waals surface area contributed by atoms with E-state index in [1.165, 1.54) is 32.7 Å². The van der Waals surface area contributed by atoms with E-state index in [0.717, 1.165) is 55.3 Å². The molecule has 0 saturated heterocycles. The Morgan fingerprint density at radius 1 is 0.491 bits per heavy atom. The van der Waals surface area contributed by atoms with Gasteiger partial charge in [0.2, 0.25) is 0 Å². The zero-order valence-electron chi connectivity index (χ0n) is 29.9. The molecule has 5 heteroatoms. The van der Waals surface area contributed by atoms with Gasteiger partial charge >= 0.3 is 0 Å². The molecule has 0 N–H and O–H groups in total. The van der Waals surface area contributed by atoms with Crippen molar-refractivity contribution in [1.82, 2.24) is 4.57 Å². The highest BCUT2D eigenvalue weighted by Gasteiger charge is 2.16. The number of furan rings is 1. The van der Waals surface area contributed by atoms with E-state index in [-0.39, 0.29) is 0 Å². The Balaban J connectivity index is 1.06. The van der Waals surface area contributed by atoms with Crippen LogP contribution in [0.3, 0.4) is 0 Å². The summed E-state index contributed by atoms with van der Waals surface area (Å²) in [5.41, 5.74) is 10.1. The van der Waals surface area contributed by atoms with Crippen molar-refractivity contribution >= 4 is 72.9 Å². The highest BCUT2D eigenvalue weighted by atomic mass is 16.3. The molecule has 8 aromatic carbocycles. The number of nitrogens with zero attached hydrogens (tertiary/aromatic N) is 4. The normalized spacial score (nSPS) is 12.4. The van der Waals surface area contributed by atoms with Gasteiger partial charge in [0.1, 0.15) is 11.2 Å². The molecule has 55 heavy (non-hydrogen) atoms. The van der Waals surface area contributed by atoms with Crippen LogP contribution in [0, 0.1) is 0 Å². The van der Waals surface area contributed by atoms with E-state index in [4.69, 9.17) is 14.4 Å². The summed E-state index contributed by atoms with van der Waals surface area (Å²) in [4.78, 5) is 14.4. The Morgan fingerprint density at radius 2 is 1.15 bits per heavy atom. The summed E-state index contributed by atoms with van der Waals surface area (Å²) >= 11 is 0. The van der Waals surface area contributed by atoms with Crippen LogP contribution in [0.25, 0.3) is 71.3 Å². The second-order valence-corrected chi connectivity index (χ2v) is 13.7. The number of hydrogen-bond acceptors (Lipinski definition) is 2. The predicted molar refractivity (Wildman–Crippen MR) is 230 cm³/mol. The Kier molecular flexibility index (Phi) is 7.96. The summed E-state index contributed by atoms with van der Waals surface area (Å²) in [5.74, 6) is 1.06. The van der Waals surface area contributed by atoms with E-state index in [1.54, 1.807) is 0 Å². The largest absolute Gasteiger partial charge is 0.456 e. The number of benzene rings is 8. The number of para-hydroxylation sites is 1. The maximum Gasteiger partial charge on any atom is 0.161 e. The van der Waals surface area contributed by atoms with Gasteiger partial charge < -0.3 is 8.98 Å². The predicted octanol–water partition coefficient (Wildman–Crippen LogP) is 12.6. The highest BCUT2D eigenvalue weighted by molar-refractivity contribution is 6.16. The minimum absolute atomic E-state index is 0.447. The second-order valence-electron chi connectivity index (χ2n) is 13.7. The van der Waals surface area contributed by atoms with E-state index >= 15 is 0 Å². The van der Waals surface area contributed by atoms with Crippen molar-refractivity contribution in [3.63, 3.8) is 0 Å². The van der Waals surface area contributed by atoms with Gasteiger partial charge in [-0.05, 0) is 76.6 Å². The molecule has 10 aromatic rings. The van der Waals surface area contributed by atoms with Crippen LogP contribution in [0.1, 0.15) is 16.7 Å². The van der Waals surface area contributed by atoms with Gasteiger partial charge in [0.05, 0.1) is 17.6 Å². The summed E-state index contributed by atoms with van der Waals surface area (Å²) in [6.07, 6.45) is 0. The fourth-order valence-electron chi connectivity index (χ4n) is 7.65. The van der Waals surface area contributed by atoms with Gasteiger partial charge in [-0.3, -0.25) is 4.99 Å². The Morgan fingerprint density at radius 3 is 1.93 bits per heavy atom. The lowest BCUT2D eigenvalue weighted by Crippen LogP contribution is -2.05. The van der Waals surface area contributed by atoms with Gasteiger partial charge in [0, 0.05) is 44.4 Å². The van der Waals surface area contributed by atoms with E-state index in [1.807, 2.05) is 42.5 Å². The van der Waals surface area contributed by atoms with Crippen LogP contribution in [-0.2, 0) is 6.54 Å². The van der Waals surface area contributed by atoms with Crippen molar-refractivity contribution in [2.24, 2.45) is 15.0 Å². The molecule has 0 aliphatic carbocycles. The van der Waals surface area contributed by atoms with Crippen molar-refractivity contribution in [1.29, 1.82) is 0 Å². The molecule has 0 radical (unpaired) electrons. The molecule has 260 valence electrons. The van der Waals surface area contributed by atoms with Gasteiger partial charge in [-0.1, -0.05) is 133 Å². The van der Waals surface area contributed by atoms with Crippen molar-refractivity contribution in [3.8, 4) is 16.8 Å². The third-order valence-electron chi connectivity index (χ3n) is 10.4. The number of fused-ring (bicyclic) bond motifs is 7. The molecule has 0 spiro atoms. The average molecular weight is 707 g/mol. The lowest BCUT2D eigenvalue weighted by molar-refractivity contribution is 0.668. The van der Waals surface area contributed by atoms with Gasteiger partial charge in [-0.25, -0.2) is 9.98 Å². The molecule has 0 fully saturated rings. The first-order valence-corrected chi connectivity index (χ1v) is 18.4. The molecular formula is C50H34N4O. The molecule has 0 amide bonds. The smallest absolute Gasteiger partial charge is 0.161 e. The molecule has 0 atom stereocenters. The summed E-state index contributed by atoms with van der Waals surface area (Å²) < 4.78 is 9.00. The first-order chi connectivity index (χ1) is 27.2. The summed E-state index contributed by atoms with van der Waals surface area (Å²) in [7, 11) is 0. The van der Waals surface area contributed by atoms with Crippen molar-refractivity contribution in [2.75, 3.05) is 0 Å². The molecule has 0 aliphatic rings. The van der Waals surface area contributed by atoms with Crippen LogP contribution in [0.4, 0.5) is 0 Å². The fourth-order valence-corrected chi connectivity index (χ4v) is 7.65. The Hall–Kier alpha value is -7.37. The molecular weight excluding hydrogens is 673 g/mol. The number of aromatic nitrogens is 1. The Labute approximate surface area is 317 Å². The van der Waals surface area contributed by atoms with Crippen LogP contribution < -0.4 is 0 Å². The van der Waals surface area contributed by atoms with Gasteiger partial charge in [0.15, 0.2) is 11.7 Å². The lowest BCUT2D eigenvalue weighted by atomic mass is 10.0. The first-order valence-electron chi connectivity index (χ1n) is 18.4. The van der Waals surface area contributed by atoms with Crippen molar-refractivity contribution < 1.29 is 4.42 Å². The van der Waals surface area contributed by atoms with Gasteiger partial charge in [-0.15, -0.1) is 0 Å². The average Bonchev–Trinajstić information content (AvgIpc) is 3.78. The zero-order chi connectivity index (χ0) is 36.7. The van der Waals surface area contributed by atoms with E-state index in [2.05, 4.69) is 156 Å². The van der Waals surface area contributed by atoms with Crippen LogP contribution in [0.15, 0.2) is 201 Å². The van der Waals surface area contributed by atoms with E-state index < -0.39 is 0 Å². The molecule has 0 bridgehead atoms. The fraction of sp³-hybridized carbons (Fsp3) is 0.0200. The van der Waals surface area contributed by atoms with Crippen molar-refractivity contribution in [3.05, 3.63) is 199 Å². The standard InChI is InChI=1S/C50H34N4O/c1-51-49(36-14-6-3-7-15-36)53-50(52-32-33-20-22-35(23-21-33)34-12-4-2-5-13-34)39-24-26-42-43-27-25-40(31-48(43)55-47(42)30-39)54-45-19-11-10-18-41(45)44-28-37-16-8-9-17-38(37)29-46(44)54/h2-31H,1,32H2/b52-50-,53-49-. The molecule has 0 unspecified atom stereocenters. The summed E-state index contributed by atoms with van der Waals surface area (Å²) in [6.45, 7) is 4.29. The zero-order valence-corrected chi connectivity index (χ0v) is 29.9. The number of amidine groups is 2. The van der Waals surface area contributed by atoms with Crippen molar-refractivity contribution in [2.45, 2.75) is 6.54 Å². The van der Waals surface area contributed by atoms with Crippen LogP contribution in [-0.4, -0.2) is 23.0 Å².